The standard InChI is InChI=1S/C14H26N4/c1-11(15)13(12-8-16-17(4)9-12)18-7-5-6-14(2,3)10-18/h8-9,11,13H,5-7,10,15H2,1-4H3. The van der Waals surface area contributed by atoms with Crippen LogP contribution in [-0.2, 0) is 7.05 Å². The van der Waals surface area contributed by atoms with E-state index in [1.54, 1.807) is 0 Å². The van der Waals surface area contributed by atoms with Gasteiger partial charge in [0, 0.05) is 31.4 Å². The van der Waals surface area contributed by atoms with Gasteiger partial charge in [-0.2, -0.15) is 5.10 Å². The predicted molar refractivity (Wildman–Crippen MR) is 74.2 cm³/mol. The van der Waals surface area contributed by atoms with Crippen molar-refractivity contribution in [3.8, 4) is 0 Å². The second-order valence-corrected chi connectivity index (χ2v) is 6.49. The van der Waals surface area contributed by atoms with Gasteiger partial charge < -0.3 is 5.73 Å². The van der Waals surface area contributed by atoms with Gasteiger partial charge in [-0.05, 0) is 31.7 Å². The van der Waals surface area contributed by atoms with E-state index in [2.05, 4.69) is 37.0 Å². The molecule has 2 atom stereocenters. The summed E-state index contributed by atoms with van der Waals surface area (Å²) in [5.41, 5.74) is 7.86. The first kappa shape index (κ1) is 13.6. The van der Waals surface area contributed by atoms with Crippen molar-refractivity contribution in [2.24, 2.45) is 18.2 Å². The van der Waals surface area contributed by atoms with Crippen molar-refractivity contribution in [3.63, 3.8) is 0 Å². The Bertz CT molecular complexity index is 394. The fourth-order valence-electron chi connectivity index (χ4n) is 3.15. The minimum atomic E-state index is 0.128. The van der Waals surface area contributed by atoms with E-state index in [0.29, 0.717) is 11.5 Å². The number of piperidine rings is 1. The Hall–Kier alpha value is -0.870. The molecule has 0 saturated carbocycles. The fourth-order valence-corrected chi connectivity index (χ4v) is 3.15. The Morgan fingerprint density at radius 1 is 1.44 bits per heavy atom. The summed E-state index contributed by atoms with van der Waals surface area (Å²) in [6.07, 6.45) is 6.62. The summed E-state index contributed by atoms with van der Waals surface area (Å²) in [4.78, 5) is 2.53. The maximum Gasteiger partial charge on any atom is 0.0538 e. The van der Waals surface area contributed by atoms with Crippen molar-refractivity contribution >= 4 is 0 Å². The van der Waals surface area contributed by atoms with Gasteiger partial charge in [0.1, 0.15) is 0 Å². The Balaban J connectivity index is 2.20. The molecule has 2 unspecified atom stereocenters. The number of rotatable bonds is 3. The van der Waals surface area contributed by atoms with E-state index in [0.717, 1.165) is 13.1 Å². The minimum Gasteiger partial charge on any atom is -0.326 e. The fraction of sp³-hybridized carbons (Fsp3) is 0.786. The minimum absolute atomic E-state index is 0.128. The van der Waals surface area contributed by atoms with Gasteiger partial charge >= 0.3 is 0 Å². The summed E-state index contributed by atoms with van der Waals surface area (Å²) in [5.74, 6) is 0. The summed E-state index contributed by atoms with van der Waals surface area (Å²) < 4.78 is 1.86. The quantitative estimate of drug-likeness (QED) is 0.891. The molecule has 0 amide bonds. The summed E-state index contributed by atoms with van der Waals surface area (Å²) in [7, 11) is 1.96. The molecule has 102 valence electrons. The highest BCUT2D eigenvalue weighted by molar-refractivity contribution is 5.13. The van der Waals surface area contributed by atoms with Crippen molar-refractivity contribution in [1.82, 2.24) is 14.7 Å². The molecule has 4 nitrogen and oxygen atoms in total. The molecule has 1 aliphatic heterocycles. The lowest BCUT2D eigenvalue weighted by Gasteiger charge is -2.43. The molecule has 2 rings (SSSR count). The van der Waals surface area contributed by atoms with Gasteiger partial charge in [-0.25, -0.2) is 0 Å². The molecule has 1 saturated heterocycles. The van der Waals surface area contributed by atoms with Crippen LogP contribution in [0.5, 0.6) is 0 Å². The Kier molecular flexibility index (Phi) is 3.78. The van der Waals surface area contributed by atoms with Gasteiger partial charge in [0.05, 0.1) is 12.2 Å². The monoisotopic (exact) mass is 250 g/mol. The summed E-state index contributed by atoms with van der Waals surface area (Å²) in [6.45, 7) is 9.05. The lowest BCUT2D eigenvalue weighted by molar-refractivity contribution is 0.0688. The smallest absolute Gasteiger partial charge is 0.0538 e. The van der Waals surface area contributed by atoms with Gasteiger partial charge in [0.2, 0.25) is 0 Å². The van der Waals surface area contributed by atoms with E-state index in [1.165, 1.54) is 18.4 Å². The van der Waals surface area contributed by atoms with Crippen LogP contribution in [0.15, 0.2) is 12.4 Å². The van der Waals surface area contributed by atoms with Crippen molar-refractivity contribution < 1.29 is 0 Å². The largest absolute Gasteiger partial charge is 0.326 e. The highest BCUT2D eigenvalue weighted by atomic mass is 15.3. The molecule has 1 aromatic heterocycles. The highest BCUT2D eigenvalue weighted by Crippen LogP contribution is 2.34. The number of likely N-dealkylation sites (tertiary alicyclic amines) is 1. The average molecular weight is 250 g/mol. The third-order valence-electron chi connectivity index (χ3n) is 3.89. The number of nitrogens with zero attached hydrogens (tertiary/aromatic N) is 3. The zero-order valence-electron chi connectivity index (χ0n) is 12.1. The molecule has 0 aromatic carbocycles. The van der Waals surface area contributed by atoms with Crippen LogP contribution in [0.1, 0.15) is 45.2 Å². The molecular weight excluding hydrogens is 224 g/mol. The number of hydrogen-bond acceptors (Lipinski definition) is 3. The summed E-state index contributed by atoms with van der Waals surface area (Å²) >= 11 is 0. The number of nitrogens with two attached hydrogens (primary N) is 1. The maximum atomic E-state index is 6.22. The molecule has 18 heavy (non-hydrogen) atoms. The van der Waals surface area contributed by atoms with Crippen LogP contribution in [0.2, 0.25) is 0 Å². The molecule has 1 aliphatic rings. The first-order chi connectivity index (χ1) is 8.39. The van der Waals surface area contributed by atoms with Crippen molar-refractivity contribution in [2.45, 2.75) is 45.7 Å². The number of hydrogen-bond donors (Lipinski definition) is 1. The summed E-state index contributed by atoms with van der Waals surface area (Å²) in [6, 6.07) is 0.418. The van der Waals surface area contributed by atoms with Gasteiger partial charge in [-0.15, -0.1) is 0 Å². The molecule has 4 heteroatoms. The van der Waals surface area contributed by atoms with E-state index in [9.17, 15) is 0 Å². The zero-order chi connectivity index (χ0) is 13.3. The van der Waals surface area contributed by atoms with Gasteiger partial charge in [-0.1, -0.05) is 13.8 Å². The average Bonchev–Trinajstić information content (AvgIpc) is 2.63. The lowest BCUT2D eigenvalue weighted by Crippen LogP contribution is -2.47. The molecule has 1 fully saturated rings. The first-order valence-corrected chi connectivity index (χ1v) is 6.87. The van der Waals surface area contributed by atoms with E-state index >= 15 is 0 Å². The van der Waals surface area contributed by atoms with Crippen LogP contribution in [0.3, 0.4) is 0 Å². The summed E-state index contributed by atoms with van der Waals surface area (Å²) in [5, 5.41) is 4.29. The zero-order valence-corrected chi connectivity index (χ0v) is 12.1. The Morgan fingerprint density at radius 2 is 2.17 bits per heavy atom. The molecule has 0 spiro atoms. The lowest BCUT2D eigenvalue weighted by atomic mass is 9.82. The third kappa shape index (κ3) is 2.93. The second kappa shape index (κ2) is 5.02. The molecule has 0 radical (unpaired) electrons. The van der Waals surface area contributed by atoms with E-state index < -0.39 is 0 Å². The van der Waals surface area contributed by atoms with Crippen LogP contribution < -0.4 is 5.73 Å². The highest BCUT2D eigenvalue weighted by Gasteiger charge is 2.33. The molecule has 1 aromatic rings. The molecule has 0 bridgehead atoms. The second-order valence-electron chi connectivity index (χ2n) is 6.49. The van der Waals surface area contributed by atoms with Gasteiger partial charge in [0.15, 0.2) is 0 Å². The SMILES string of the molecule is CC(N)C(c1cnn(C)c1)N1CCCC(C)(C)C1. The van der Waals surface area contributed by atoms with Gasteiger partial charge in [-0.3, -0.25) is 9.58 Å². The van der Waals surface area contributed by atoms with E-state index in [4.69, 9.17) is 5.73 Å². The molecule has 0 aliphatic carbocycles. The maximum absolute atomic E-state index is 6.22. The molecule has 2 heterocycles. The predicted octanol–water partition coefficient (Wildman–Crippen LogP) is 1.93. The van der Waals surface area contributed by atoms with Crippen molar-refractivity contribution in [3.05, 3.63) is 18.0 Å². The van der Waals surface area contributed by atoms with Crippen molar-refractivity contribution in [2.75, 3.05) is 13.1 Å². The molecule has 2 N–H and O–H groups in total. The number of aromatic nitrogens is 2. The normalized spacial score (nSPS) is 23.8. The van der Waals surface area contributed by atoms with Gasteiger partial charge in [0.25, 0.3) is 0 Å². The van der Waals surface area contributed by atoms with Crippen LogP contribution in [0.25, 0.3) is 0 Å². The van der Waals surface area contributed by atoms with Crippen molar-refractivity contribution in [1.29, 1.82) is 0 Å². The number of aryl methyl sites for hydroxylation is 1. The Labute approximate surface area is 110 Å². The van der Waals surface area contributed by atoms with Crippen LogP contribution >= 0.6 is 0 Å². The van der Waals surface area contributed by atoms with E-state index in [-0.39, 0.29) is 6.04 Å². The third-order valence-corrected chi connectivity index (χ3v) is 3.89. The van der Waals surface area contributed by atoms with Crippen LogP contribution in [0.4, 0.5) is 0 Å². The first-order valence-electron chi connectivity index (χ1n) is 6.87. The topological polar surface area (TPSA) is 47.1 Å². The Morgan fingerprint density at radius 3 is 2.67 bits per heavy atom. The molecular formula is C14H26N4. The van der Waals surface area contributed by atoms with Crippen LogP contribution in [-0.4, -0.2) is 33.8 Å². The van der Waals surface area contributed by atoms with E-state index in [1.807, 2.05) is 17.9 Å². The van der Waals surface area contributed by atoms with Crippen LogP contribution in [0, 0.1) is 5.41 Å².